The second kappa shape index (κ2) is 8.74. The Hall–Kier alpha value is -4.19. The number of aliphatic imine (C=N–C) groups is 1. The van der Waals surface area contributed by atoms with Crippen molar-refractivity contribution in [1.29, 1.82) is 0 Å². The third-order valence-corrected chi connectivity index (χ3v) is 5.33. The van der Waals surface area contributed by atoms with Crippen molar-refractivity contribution in [2.45, 2.75) is 26.8 Å². The molecule has 0 aliphatic heterocycles. The molecule has 0 saturated carbocycles. The van der Waals surface area contributed by atoms with Gasteiger partial charge in [0.05, 0.1) is 0 Å². The van der Waals surface area contributed by atoms with Gasteiger partial charge in [0.15, 0.2) is 5.78 Å². The van der Waals surface area contributed by atoms with Gasteiger partial charge in [-0.05, 0) is 74.4 Å². The number of benzene rings is 3. The molecule has 0 atom stereocenters. The summed E-state index contributed by atoms with van der Waals surface area (Å²) < 4.78 is 5.55. The maximum absolute atomic E-state index is 12.7. The van der Waals surface area contributed by atoms with Crippen molar-refractivity contribution in [3.8, 4) is 11.5 Å². The molecule has 0 amide bonds. The van der Waals surface area contributed by atoms with Crippen LogP contribution in [0.5, 0.6) is 11.5 Å². The number of ketones is 1. The number of phenols is 2. The Morgan fingerprint density at radius 2 is 1.70 bits per heavy atom. The fraction of sp³-hybridized carbons (Fsp3) is 0.148. The summed E-state index contributed by atoms with van der Waals surface area (Å²) in [5, 5.41) is 22.2. The van der Waals surface area contributed by atoms with Crippen LogP contribution in [-0.4, -0.2) is 28.3 Å². The molecule has 0 spiro atoms. The molecule has 33 heavy (non-hydrogen) atoms. The molecule has 0 fully saturated rings. The third kappa shape index (κ3) is 4.41. The van der Waals surface area contributed by atoms with Crippen molar-refractivity contribution in [2.75, 3.05) is 0 Å². The zero-order valence-corrected chi connectivity index (χ0v) is 18.5. The van der Waals surface area contributed by atoms with Crippen molar-refractivity contribution in [1.82, 2.24) is 0 Å². The second-order valence-electron chi connectivity index (χ2n) is 8.13. The molecule has 6 nitrogen and oxygen atoms in total. The van der Waals surface area contributed by atoms with Gasteiger partial charge >= 0.3 is 5.63 Å². The fourth-order valence-electron chi connectivity index (χ4n) is 3.68. The number of carbonyl (C=O) groups is 1. The van der Waals surface area contributed by atoms with Gasteiger partial charge in [0.1, 0.15) is 17.1 Å². The number of hydrogen-bond acceptors (Lipinski definition) is 6. The maximum atomic E-state index is 12.7. The fourth-order valence-corrected chi connectivity index (χ4v) is 3.68. The van der Waals surface area contributed by atoms with Gasteiger partial charge in [-0.2, -0.15) is 0 Å². The molecule has 0 radical (unpaired) electrons. The molecular weight excluding hydrogens is 418 g/mol. The molecule has 166 valence electrons. The normalized spacial score (nSPS) is 12.0. The lowest BCUT2D eigenvalue weighted by molar-refractivity contribution is 0.104. The van der Waals surface area contributed by atoms with E-state index in [9.17, 15) is 19.8 Å². The van der Waals surface area contributed by atoms with Gasteiger partial charge in [0.2, 0.25) is 0 Å². The van der Waals surface area contributed by atoms with Crippen LogP contribution in [0.3, 0.4) is 0 Å². The van der Waals surface area contributed by atoms with Gasteiger partial charge in [-0.3, -0.25) is 9.79 Å². The van der Waals surface area contributed by atoms with E-state index in [1.54, 1.807) is 30.5 Å². The molecule has 4 aromatic rings. The van der Waals surface area contributed by atoms with Crippen molar-refractivity contribution in [3.05, 3.63) is 87.3 Å². The first kappa shape index (κ1) is 22.0. The number of allylic oxidation sites excluding steroid dienone is 1. The first-order chi connectivity index (χ1) is 15.7. The van der Waals surface area contributed by atoms with Crippen LogP contribution in [0, 0.1) is 6.92 Å². The van der Waals surface area contributed by atoms with E-state index < -0.39 is 5.63 Å². The van der Waals surface area contributed by atoms with E-state index in [1.807, 2.05) is 20.8 Å². The monoisotopic (exact) mass is 441 g/mol. The molecular formula is C27H23NO5. The summed E-state index contributed by atoms with van der Waals surface area (Å²) in [6.07, 6.45) is 4.63. The quantitative estimate of drug-likeness (QED) is 0.142. The van der Waals surface area contributed by atoms with Crippen LogP contribution in [-0.2, 0) is 0 Å². The average Bonchev–Trinajstić information content (AvgIpc) is 2.77. The molecule has 4 rings (SSSR count). The molecule has 0 saturated heterocycles. The molecule has 1 aromatic heterocycles. The molecule has 0 bridgehead atoms. The third-order valence-electron chi connectivity index (χ3n) is 5.33. The Bertz CT molecular complexity index is 1490. The minimum absolute atomic E-state index is 0.0162. The summed E-state index contributed by atoms with van der Waals surface area (Å²) in [4.78, 5) is 29.2. The van der Waals surface area contributed by atoms with Gasteiger partial charge in [-0.25, -0.2) is 4.79 Å². The van der Waals surface area contributed by atoms with E-state index in [4.69, 9.17) is 4.42 Å². The van der Waals surface area contributed by atoms with Crippen molar-refractivity contribution >= 4 is 39.8 Å². The van der Waals surface area contributed by atoms with Gasteiger partial charge in [0, 0.05) is 45.6 Å². The Labute approximate surface area is 190 Å². The summed E-state index contributed by atoms with van der Waals surface area (Å²) in [7, 11) is 0. The highest BCUT2D eigenvalue weighted by molar-refractivity contribution is 6.15. The second-order valence-corrected chi connectivity index (χ2v) is 8.13. The van der Waals surface area contributed by atoms with Crippen molar-refractivity contribution in [3.63, 3.8) is 0 Å². The number of fused-ring (bicyclic) bond motifs is 3. The van der Waals surface area contributed by atoms with Gasteiger partial charge in [0.25, 0.3) is 0 Å². The molecule has 0 unspecified atom stereocenters. The predicted molar refractivity (Wildman–Crippen MR) is 131 cm³/mol. The maximum Gasteiger partial charge on any atom is 0.336 e. The van der Waals surface area contributed by atoms with Gasteiger partial charge < -0.3 is 14.6 Å². The number of carbonyl (C=O) groups excluding carboxylic acids is 1. The first-order valence-corrected chi connectivity index (χ1v) is 10.5. The SMILES string of the molecule is Cc1cc(=O)oc2c1ccc1c(O)c(C=NC(C)C)cc(/C=C/C(=O)c3ccc(O)cc3)c12. The van der Waals surface area contributed by atoms with E-state index >= 15 is 0 Å². The predicted octanol–water partition coefficient (Wildman–Crippen LogP) is 5.39. The smallest absolute Gasteiger partial charge is 0.336 e. The van der Waals surface area contributed by atoms with Crippen LogP contribution in [0.15, 0.2) is 68.8 Å². The highest BCUT2D eigenvalue weighted by atomic mass is 16.4. The Balaban J connectivity index is 1.97. The summed E-state index contributed by atoms with van der Waals surface area (Å²) >= 11 is 0. The number of aryl methyl sites for hydroxylation is 1. The first-order valence-electron chi connectivity index (χ1n) is 10.5. The number of aromatic hydroxyl groups is 2. The molecule has 1 heterocycles. The lowest BCUT2D eigenvalue weighted by Gasteiger charge is -2.12. The Morgan fingerprint density at radius 1 is 1.00 bits per heavy atom. The molecule has 6 heteroatoms. The van der Waals surface area contributed by atoms with Crippen molar-refractivity contribution < 1.29 is 19.4 Å². The molecule has 0 aliphatic rings. The number of rotatable bonds is 5. The standard InChI is InChI=1S/C27H23NO5/c1-15(2)28-14-19-13-18(6-11-23(30)17-4-7-20(29)8-5-17)25-22(26(19)32)10-9-21-16(3)12-24(31)33-27(21)25/h4-15,29,32H,1-3H3/b11-6+,28-14?. The summed E-state index contributed by atoms with van der Waals surface area (Å²) in [5.41, 5.74) is 2.11. The van der Waals surface area contributed by atoms with Crippen LogP contribution in [0.1, 0.15) is 40.9 Å². The van der Waals surface area contributed by atoms with Gasteiger partial charge in [-0.15, -0.1) is 0 Å². The average molecular weight is 441 g/mol. The van der Waals surface area contributed by atoms with E-state index in [0.717, 1.165) is 10.9 Å². The van der Waals surface area contributed by atoms with Crippen molar-refractivity contribution in [2.24, 2.45) is 4.99 Å². The van der Waals surface area contributed by atoms with E-state index in [2.05, 4.69) is 4.99 Å². The van der Waals surface area contributed by atoms with E-state index in [1.165, 1.54) is 36.4 Å². The van der Waals surface area contributed by atoms with Crippen LogP contribution >= 0.6 is 0 Å². The molecule has 0 aliphatic carbocycles. The summed E-state index contributed by atoms with van der Waals surface area (Å²) in [6.45, 7) is 5.67. The van der Waals surface area contributed by atoms with Crippen LogP contribution < -0.4 is 5.63 Å². The van der Waals surface area contributed by atoms with Crippen LogP contribution in [0.4, 0.5) is 0 Å². The topological polar surface area (TPSA) is 100 Å². The number of phenolic OH excluding ortho intramolecular Hbond substituents is 2. The number of nitrogens with zero attached hydrogens (tertiary/aromatic N) is 1. The molecule has 2 N–H and O–H groups in total. The van der Waals surface area contributed by atoms with E-state index in [-0.39, 0.29) is 23.3 Å². The summed E-state index contributed by atoms with van der Waals surface area (Å²) in [6, 6.07) is 12.7. The van der Waals surface area contributed by atoms with Crippen LogP contribution in [0.25, 0.3) is 27.8 Å². The summed E-state index contributed by atoms with van der Waals surface area (Å²) in [5.74, 6) is -0.167. The Morgan fingerprint density at radius 3 is 2.39 bits per heavy atom. The zero-order valence-electron chi connectivity index (χ0n) is 18.5. The zero-order chi connectivity index (χ0) is 23.7. The van der Waals surface area contributed by atoms with Crippen LogP contribution in [0.2, 0.25) is 0 Å². The largest absolute Gasteiger partial charge is 0.508 e. The lowest BCUT2D eigenvalue weighted by atomic mass is 9.95. The van der Waals surface area contributed by atoms with Gasteiger partial charge in [-0.1, -0.05) is 12.1 Å². The minimum Gasteiger partial charge on any atom is -0.508 e. The lowest BCUT2D eigenvalue weighted by Crippen LogP contribution is -2.00. The Kier molecular flexibility index (Phi) is 5.84. The highest BCUT2D eigenvalue weighted by Gasteiger charge is 2.16. The van der Waals surface area contributed by atoms with E-state index in [0.29, 0.717) is 33.0 Å². The minimum atomic E-state index is -0.493. The number of hydrogen-bond donors (Lipinski definition) is 2. The molecule has 3 aromatic carbocycles. The highest BCUT2D eigenvalue weighted by Crippen LogP contribution is 2.37.